The number of carbonyl (C=O) groups is 2. The second-order valence-corrected chi connectivity index (χ2v) is 7.00. The number of rotatable bonds is 4. The fourth-order valence-corrected chi connectivity index (χ4v) is 4.63. The van der Waals surface area contributed by atoms with E-state index in [0.717, 1.165) is 0 Å². The molecule has 116 valence electrons. The molecule has 5 atom stereocenters. The summed E-state index contributed by atoms with van der Waals surface area (Å²) in [5, 5.41) is -0.998. The highest BCUT2D eigenvalue weighted by molar-refractivity contribution is 7.87. The molecule has 8 nitrogen and oxygen atoms in total. The Kier molecular flexibility index (Phi) is 3.30. The second-order valence-electron chi connectivity index (χ2n) is 5.28. The second kappa shape index (κ2) is 4.79. The van der Waals surface area contributed by atoms with Gasteiger partial charge in [-0.25, -0.2) is 9.59 Å². The van der Waals surface area contributed by atoms with Crippen molar-refractivity contribution in [3.05, 3.63) is 12.2 Å². The zero-order chi connectivity index (χ0) is 15.4. The molecule has 5 unspecified atom stereocenters. The van der Waals surface area contributed by atoms with E-state index >= 15 is 0 Å². The molecular weight excluding hydrogens is 304 g/mol. The summed E-state index contributed by atoms with van der Waals surface area (Å²) < 4.78 is 43.8. The summed E-state index contributed by atoms with van der Waals surface area (Å²) in [6.45, 7) is 4.22. The van der Waals surface area contributed by atoms with Crippen molar-refractivity contribution < 1.29 is 36.4 Å². The predicted octanol–water partition coefficient (Wildman–Crippen LogP) is -0.714. The molecule has 9 heteroatoms. The molecule has 0 radical (unpaired) electrons. The Bertz CT molecular complexity index is 607. The van der Waals surface area contributed by atoms with Crippen molar-refractivity contribution in [3.63, 3.8) is 0 Å². The molecular formula is C12H14O8S. The van der Waals surface area contributed by atoms with E-state index in [2.05, 4.69) is 11.3 Å². The van der Waals surface area contributed by atoms with Gasteiger partial charge in [-0.1, -0.05) is 6.58 Å². The number of ether oxygens (including phenoxy) is 3. The third-order valence-electron chi connectivity index (χ3n) is 3.71. The van der Waals surface area contributed by atoms with Crippen LogP contribution in [0.5, 0.6) is 0 Å². The van der Waals surface area contributed by atoms with Gasteiger partial charge in [0.1, 0.15) is 18.3 Å². The number of hydrogen-bond donors (Lipinski definition) is 0. The molecule has 0 N–H and O–H groups in total. The van der Waals surface area contributed by atoms with Gasteiger partial charge in [-0.2, -0.15) is 8.42 Å². The summed E-state index contributed by atoms with van der Waals surface area (Å²) in [5.74, 6) is -1.54. The molecule has 3 heterocycles. The summed E-state index contributed by atoms with van der Waals surface area (Å²) in [6.07, 6.45) is -2.13. The zero-order valence-electron chi connectivity index (χ0n) is 11.2. The molecule has 3 aliphatic heterocycles. The molecule has 0 aliphatic carbocycles. The van der Waals surface area contributed by atoms with Crippen molar-refractivity contribution in [3.8, 4) is 0 Å². The lowest BCUT2D eigenvalue weighted by Crippen LogP contribution is -2.43. The molecule has 0 spiro atoms. The molecule has 3 fully saturated rings. The van der Waals surface area contributed by atoms with Gasteiger partial charge in [0, 0.05) is 12.0 Å². The van der Waals surface area contributed by atoms with Crippen molar-refractivity contribution in [2.45, 2.75) is 43.0 Å². The number of hydrogen-bond acceptors (Lipinski definition) is 8. The largest absolute Gasteiger partial charge is 0.455 e. The van der Waals surface area contributed by atoms with Crippen LogP contribution >= 0.6 is 0 Å². The van der Waals surface area contributed by atoms with Crippen LogP contribution < -0.4 is 0 Å². The Hall–Kier alpha value is -1.45. The van der Waals surface area contributed by atoms with Gasteiger partial charge in [0.2, 0.25) is 0 Å². The van der Waals surface area contributed by atoms with Gasteiger partial charge >= 0.3 is 11.9 Å². The van der Waals surface area contributed by atoms with Crippen molar-refractivity contribution in [1.82, 2.24) is 0 Å². The quantitative estimate of drug-likeness (QED) is 0.380. The first-order chi connectivity index (χ1) is 9.79. The van der Waals surface area contributed by atoms with E-state index in [-0.39, 0.29) is 5.57 Å². The van der Waals surface area contributed by atoms with Gasteiger partial charge in [-0.05, 0) is 6.92 Å². The van der Waals surface area contributed by atoms with Crippen LogP contribution in [0.1, 0.15) is 13.3 Å². The van der Waals surface area contributed by atoms with E-state index < -0.39 is 58.3 Å². The van der Waals surface area contributed by atoms with Crippen molar-refractivity contribution in [2.75, 3.05) is 6.61 Å². The van der Waals surface area contributed by atoms with E-state index in [1.165, 1.54) is 6.92 Å². The SMILES string of the molecule is C=C(C)C(=O)OCC(=O)OC1C2CC3OS(=O)(=O)C1C3O2. The maximum absolute atomic E-state index is 11.8. The predicted molar refractivity (Wildman–Crippen MR) is 66.5 cm³/mol. The molecule has 21 heavy (non-hydrogen) atoms. The molecule has 3 saturated heterocycles. The van der Waals surface area contributed by atoms with Crippen molar-refractivity contribution in [2.24, 2.45) is 0 Å². The van der Waals surface area contributed by atoms with Crippen molar-refractivity contribution >= 4 is 22.1 Å². The Labute approximate surface area is 121 Å². The Morgan fingerprint density at radius 1 is 1.33 bits per heavy atom. The Morgan fingerprint density at radius 2 is 2.05 bits per heavy atom. The highest BCUT2D eigenvalue weighted by Crippen LogP contribution is 2.47. The lowest BCUT2D eigenvalue weighted by atomic mass is 9.95. The van der Waals surface area contributed by atoms with Crippen LogP contribution in [0.2, 0.25) is 0 Å². The van der Waals surface area contributed by atoms with E-state index in [9.17, 15) is 18.0 Å². The normalized spacial score (nSPS) is 38.2. The maximum Gasteiger partial charge on any atom is 0.344 e. The van der Waals surface area contributed by atoms with E-state index in [1.807, 2.05) is 0 Å². The molecule has 3 rings (SSSR count). The van der Waals surface area contributed by atoms with Crippen LogP contribution in [0.25, 0.3) is 0 Å². The van der Waals surface area contributed by atoms with Crippen LogP contribution in [0.15, 0.2) is 12.2 Å². The van der Waals surface area contributed by atoms with Gasteiger partial charge in [-0.15, -0.1) is 0 Å². The monoisotopic (exact) mass is 318 g/mol. The topological polar surface area (TPSA) is 105 Å². The fraction of sp³-hybridized carbons (Fsp3) is 0.667. The molecule has 0 amide bonds. The van der Waals surface area contributed by atoms with Gasteiger partial charge in [0.05, 0.1) is 6.10 Å². The summed E-state index contributed by atoms with van der Waals surface area (Å²) >= 11 is 0. The number of carbonyl (C=O) groups excluding carboxylic acids is 2. The fourth-order valence-electron chi connectivity index (χ4n) is 2.84. The molecule has 0 aromatic carbocycles. The smallest absolute Gasteiger partial charge is 0.344 e. The maximum atomic E-state index is 11.8. The minimum Gasteiger partial charge on any atom is -0.455 e. The van der Waals surface area contributed by atoms with Gasteiger partial charge in [0.25, 0.3) is 10.1 Å². The molecule has 2 bridgehead atoms. The molecule has 0 aromatic rings. The van der Waals surface area contributed by atoms with Crippen LogP contribution in [0, 0.1) is 0 Å². The summed E-state index contributed by atoms with van der Waals surface area (Å²) in [4.78, 5) is 22.8. The Morgan fingerprint density at radius 3 is 2.71 bits per heavy atom. The first-order valence-corrected chi connectivity index (χ1v) is 7.86. The first kappa shape index (κ1) is 14.5. The minimum atomic E-state index is -3.79. The average Bonchev–Trinajstić information content (AvgIpc) is 2.96. The highest BCUT2D eigenvalue weighted by Gasteiger charge is 2.67. The highest BCUT2D eigenvalue weighted by atomic mass is 32.2. The number of fused-ring (bicyclic) bond motifs is 1. The van der Waals surface area contributed by atoms with Gasteiger partial charge in [0.15, 0.2) is 11.9 Å². The first-order valence-electron chi connectivity index (χ1n) is 6.39. The van der Waals surface area contributed by atoms with E-state index in [4.69, 9.17) is 13.7 Å². The summed E-state index contributed by atoms with van der Waals surface area (Å²) in [7, 11) is -3.79. The zero-order valence-corrected chi connectivity index (χ0v) is 12.0. The number of esters is 2. The van der Waals surface area contributed by atoms with Crippen LogP contribution in [-0.2, 0) is 38.1 Å². The van der Waals surface area contributed by atoms with Gasteiger partial charge < -0.3 is 14.2 Å². The third kappa shape index (κ3) is 2.34. The van der Waals surface area contributed by atoms with Crippen molar-refractivity contribution in [1.29, 1.82) is 0 Å². The van der Waals surface area contributed by atoms with E-state index in [1.54, 1.807) is 0 Å². The lowest BCUT2D eigenvalue weighted by molar-refractivity contribution is -0.162. The lowest BCUT2D eigenvalue weighted by Gasteiger charge is -2.21. The Balaban J connectivity index is 1.62. The van der Waals surface area contributed by atoms with Crippen LogP contribution in [0.4, 0.5) is 0 Å². The molecule has 0 saturated carbocycles. The van der Waals surface area contributed by atoms with Crippen LogP contribution in [-0.4, -0.2) is 56.6 Å². The van der Waals surface area contributed by atoms with Crippen LogP contribution in [0.3, 0.4) is 0 Å². The third-order valence-corrected chi connectivity index (χ3v) is 5.42. The summed E-state index contributed by atoms with van der Waals surface area (Å²) in [6, 6.07) is 0. The summed E-state index contributed by atoms with van der Waals surface area (Å²) in [5.41, 5.74) is 0.153. The molecule has 0 aromatic heterocycles. The molecule has 3 aliphatic rings. The van der Waals surface area contributed by atoms with E-state index in [0.29, 0.717) is 6.42 Å². The van der Waals surface area contributed by atoms with Gasteiger partial charge in [-0.3, -0.25) is 4.18 Å². The standard InChI is InChI=1S/C12H14O8S/c1-5(2)12(14)17-4-8(13)19-9-6-3-7-10(18-6)11(9)21(15,16)20-7/h6-7,9-11H,1,3-4H2,2H3. The minimum absolute atomic E-state index is 0.153. The average molecular weight is 318 g/mol.